The van der Waals surface area contributed by atoms with E-state index in [1.54, 1.807) is 6.20 Å². The van der Waals surface area contributed by atoms with E-state index in [1.165, 1.54) is 0 Å². The maximum atomic E-state index is 9.76. The number of anilines is 1. The Morgan fingerprint density at radius 1 is 0.680 bits per heavy atom. The molecule has 0 spiro atoms. The van der Waals surface area contributed by atoms with Gasteiger partial charge >= 0.3 is 0 Å². The van der Waals surface area contributed by atoms with Crippen molar-refractivity contribution in [3.63, 3.8) is 0 Å². The van der Waals surface area contributed by atoms with Crippen LogP contribution in [0, 0.1) is 11.3 Å². The van der Waals surface area contributed by atoms with Crippen LogP contribution in [0.4, 0.5) is 5.82 Å². The lowest BCUT2D eigenvalue weighted by atomic mass is 9.77. The van der Waals surface area contributed by atoms with E-state index in [9.17, 15) is 5.26 Å². The number of unbranched alkanes of at least 4 members (excludes halogenated alkanes) is 1. The largest absolute Gasteiger partial charge is 0.351 e. The summed E-state index contributed by atoms with van der Waals surface area (Å²) in [6, 6.07) is 54.2. The molecule has 50 heavy (non-hydrogen) atoms. The molecule has 2 heterocycles. The van der Waals surface area contributed by atoms with Gasteiger partial charge in [-0.05, 0) is 62.4 Å². The number of pyridine rings is 1. The summed E-state index contributed by atoms with van der Waals surface area (Å²) < 4.78 is 1.98. The van der Waals surface area contributed by atoms with Gasteiger partial charge in [-0.25, -0.2) is 9.67 Å². The summed E-state index contributed by atoms with van der Waals surface area (Å²) in [4.78, 5) is 6.78. The van der Waals surface area contributed by atoms with Gasteiger partial charge < -0.3 is 4.90 Å². The van der Waals surface area contributed by atoms with Crippen LogP contribution >= 0.6 is 0 Å². The standard InChI is InChI=1S/C43H37N7/c1-2-3-30-49(41-35(31-44)16-15-29-45-41)32-33-25-27-34(28-26-33)39-23-13-14-24-40(39)42-46-47-48-50(42)43(36-17-7-4-8-18-36,37-19-9-5-10-20-37)38-21-11-6-12-22-38/h4-29H,2-3,30,32H2,1H3. The second-order valence-electron chi connectivity index (χ2n) is 12.2. The average Bonchev–Trinajstić information content (AvgIpc) is 3.68. The first-order valence-electron chi connectivity index (χ1n) is 17.0. The molecule has 0 unspecified atom stereocenters. The smallest absolute Gasteiger partial charge is 0.184 e. The molecule has 0 bridgehead atoms. The highest BCUT2D eigenvalue weighted by atomic mass is 15.6. The van der Waals surface area contributed by atoms with Gasteiger partial charge in [-0.3, -0.25) is 0 Å². The average molecular weight is 652 g/mol. The van der Waals surface area contributed by atoms with Crippen LogP contribution in [0.25, 0.3) is 22.5 Å². The number of tetrazole rings is 1. The molecule has 0 N–H and O–H groups in total. The van der Waals surface area contributed by atoms with Crippen molar-refractivity contribution in [2.75, 3.05) is 11.4 Å². The van der Waals surface area contributed by atoms with Gasteiger partial charge in [0.05, 0.1) is 5.56 Å². The minimum Gasteiger partial charge on any atom is -0.351 e. The first kappa shape index (κ1) is 32.2. The normalized spacial score (nSPS) is 11.2. The first-order valence-corrected chi connectivity index (χ1v) is 17.0. The Labute approximate surface area is 293 Å². The van der Waals surface area contributed by atoms with Gasteiger partial charge in [-0.1, -0.05) is 153 Å². The van der Waals surface area contributed by atoms with E-state index in [-0.39, 0.29) is 0 Å². The quantitative estimate of drug-likeness (QED) is 0.123. The number of nitrogens with zero attached hydrogens (tertiary/aromatic N) is 7. The predicted molar refractivity (Wildman–Crippen MR) is 198 cm³/mol. The Kier molecular flexibility index (Phi) is 9.52. The highest BCUT2D eigenvalue weighted by Crippen LogP contribution is 2.43. The Hall–Kier alpha value is -6.39. The fraction of sp³-hybridized carbons (Fsp3) is 0.140. The molecular formula is C43H37N7. The molecule has 2 aromatic heterocycles. The molecule has 5 aromatic carbocycles. The monoisotopic (exact) mass is 651 g/mol. The van der Waals surface area contributed by atoms with E-state index in [0.717, 1.165) is 64.1 Å². The third-order valence-corrected chi connectivity index (χ3v) is 9.16. The summed E-state index contributed by atoms with van der Waals surface area (Å²) in [5, 5.41) is 23.6. The molecule has 0 aliphatic heterocycles. The molecule has 0 aliphatic carbocycles. The number of benzene rings is 5. The van der Waals surface area contributed by atoms with Crippen molar-refractivity contribution in [1.82, 2.24) is 25.2 Å². The molecule has 0 radical (unpaired) electrons. The topological polar surface area (TPSA) is 83.5 Å². The van der Waals surface area contributed by atoms with Crippen molar-refractivity contribution in [3.05, 3.63) is 186 Å². The summed E-state index contributed by atoms with van der Waals surface area (Å²) in [5.41, 5.74) is 7.02. The Morgan fingerprint density at radius 2 is 1.26 bits per heavy atom. The molecule has 0 amide bonds. The van der Waals surface area contributed by atoms with Gasteiger partial charge in [0.2, 0.25) is 0 Å². The molecule has 7 heteroatoms. The van der Waals surface area contributed by atoms with Crippen LogP contribution in [0.3, 0.4) is 0 Å². The molecule has 0 saturated heterocycles. The van der Waals surface area contributed by atoms with Crippen molar-refractivity contribution in [3.8, 4) is 28.6 Å². The summed E-state index contributed by atoms with van der Waals surface area (Å²) in [5.74, 6) is 1.38. The number of hydrogen-bond acceptors (Lipinski definition) is 6. The van der Waals surface area contributed by atoms with Crippen molar-refractivity contribution in [2.45, 2.75) is 31.8 Å². The summed E-state index contributed by atoms with van der Waals surface area (Å²) in [7, 11) is 0. The zero-order chi connectivity index (χ0) is 34.2. The third-order valence-electron chi connectivity index (χ3n) is 9.16. The van der Waals surface area contributed by atoms with Crippen LogP contribution < -0.4 is 4.90 Å². The molecule has 0 atom stereocenters. The fourth-order valence-corrected chi connectivity index (χ4v) is 6.77. The second-order valence-corrected chi connectivity index (χ2v) is 12.2. The molecule has 7 aromatic rings. The lowest BCUT2D eigenvalue weighted by molar-refractivity contribution is 0.451. The molecule has 0 fully saturated rings. The SMILES string of the molecule is CCCCN(Cc1ccc(-c2ccccc2-c2nnnn2C(c2ccccc2)(c2ccccc2)c2ccccc2)cc1)c1ncccc1C#N. The number of rotatable bonds is 12. The minimum atomic E-state index is -0.852. The van der Waals surface area contributed by atoms with E-state index in [2.05, 4.69) is 143 Å². The van der Waals surface area contributed by atoms with E-state index in [1.807, 2.05) is 41.1 Å². The second kappa shape index (κ2) is 14.8. The zero-order valence-electron chi connectivity index (χ0n) is 28.0. The maximum absolute atomic E-state index is 9.76. The molecule has 244 valence electrons. The van der Waals surface area contributed by atoms with Crippen molar-refractivity contribution in [2.24, 2.45) is 0 Å². The number of nitriles is 1. The maximum Gasteiger partial charge on any atom is 0.184 e. The Morgan fingerprint density at radius 3 is 1.84 bits per heavy atom. The fourth-order valence-electron chi connectivity index (χ4n) is 6.77. The predicted octanol–water partition coefficient (Wildman–Crippen LogP) is 8.92. The zero-order valence-corrected chi connectivity index (χ0v) is 28.0. The minimum absolute atomic E-state index is 0.587. The lowest BCUT2D eigenvalue weighted by Crippen LogP contribution is -2.39. The van der Waals surface area contributed by atoms with E-state index >= 15 is 0 Å². The molecule has 0 aliphatic rings. The third kappa shape index (κ3) is 6.15. The number of hydrogen-bond donors (Lipinski definition) is 0. The van der Waals surface area contributed by atoms with Gasteiger partial charge in [0, 0.05) is 24.8 Å². The van der Waals surface area contributed by atoms with E-state index in [0.29, 0.717) is 17.9 Å². The summed E-state index contributed by atoms with van der Waals surface area (Å²) >= 11 is 0. The van der Waals surface area contributed by atoms with E-state index < -0.39 is 5.54 Å². The highest BCUT2D eigenvalue weighted by molar-refractivity contribution is 5.81. The van der Waals surface area contributed by atoms with Gasteiger partial charge in [0.25, 0.3) is 0 Å². The van der Waals surface area contributed by atoms with Crippen molar-refractivity contribution in [1.29, 1.82) is 5.26 Å². The first-order chi connectivity index (χ1) is 24.7. The van der Waals surface area contributed by atoms with Gasteiger partial charge in [-0.2, -0.15) is 5.26 Å². The Bertz CT molecular complexity index is 2090. The van der Waals surface area contributed by atoms with Crippen LogP contribution in [0.2, 0.25) is 0 Å². The van der Waals surface area contributed by atoms with E-state index in [4.69, 9.17) is 10.3 Å². The van der Waals surface area contributed by atoms with Crippen molar-refractivity contribution >= 4 is 5.82 Å². The van der Waals surface area contributed by atoms with Crippen LogP contribution in [0.1, 0.15) is 47.6 Å². The van der Waals surface area contributed by atoms with Gasteiger partial charge in [0.1, 0.15) is 17.4 Å². The molecule has 0 saturated carbocycles. The molecular weight excluding hydrogens is 615 g/mol. The number of aromatic nitrogens is 5. The van der Waals surface area contributed by atoms with Crippen LogP contribution in [0.15, 0.2) is 158 Å². The summed E-state index contributed by atoms with van der Waals surface area (Å²) in [6.07, 6.45) is 3.82. The highest BCUT2D eigenvalue weighted by Gasteiger charge is 2.42. The summed E-state index contributed by atoms with van der Waals surface area (Å²) in [6.45, 7) is 3.65. The Balaban J connectivity index is 1.32. The lowest BCUT2D eigenvalue weighted by Gasteiger charge is -2.36. The van der Waals surface area contributed by atoms with Gasteiger partial charge in [0.15, 0.2) is 5.82 Å². The van der Waals surface area contributed by atoms with Crippen molar-refractivity contribution < 1.29 is 0 Å². The van der Waals surface area contributed by atoms with Crippen LogP contribution in [0.5, 0.6) is 0 Å². The van der Waals surface area contributed by atoms with Gasteiger partial charge in [-0.15, -0.1) is 5.10 Å². The van der Waals surface area contributed by atoms with Crippen LogP contribution in [-0.4, -0.2) is 31.7 Å². The molecule has 7 nitrogen and oxygen atoms in total. The molecule has 7 rings (SSSR count). The van der Waals surface area contributed by atoms with Crippen LogP contribution in [-0.2, 0) is 12.1 Å².